The monoisotopic (exact) mass is 280 g/mol. The maximum absolute atomic E-state index is 11.1. The van der Waals surface area contributed by atoms with Gasteiger partial charge >= 0.3 is 5.97 Å². The molecule has 0 radical (unpaired) electrons. The average molecular weight is 280 g/mol. The fourth-order valence-corrected chi connectivity index (χ4v) is 2.40. The molecule has 0 saturated heterocycles. The number of unbranched alkanes of at least 4 members (excludes halogenated alkanes) is 3. The quantitative estimate of drug-likeness (QED) is 0.366. The van der Waals surface area contributed by atoms with Gasteiger partial charge < -0.3 is 10.8 Å². The molecular weight excluding hydrogens is 254 g/mol. The predicted molar refractivity (Wildman–Crippen MR) is 81.2 cm³/mol. The van der Waals surface area contributed by atoms with E-state index in [1.807, 2.05) is 6.20 Å². The van der Waals surface area contributed by atoms with Crippen LogP contribution < -0.4 is 5.73 Å². The zero-order valence-corrected chi connectivity index (χ0v) is 12.3. The van der Waals surface area contributed by atoms with Gasteiger partial charge in [0.05, 0.1) is 12.6 Å². The summed E-state index contributed by atoms with van der Waals surface area (Å²) in [6, 6.07) is 0. The van der Waals surface area contributed by atoms with Gasteiger partial charge in [-0.25, -0.2) is 14.3 Å². The van der Waals surface area contributed by atoms with Gasteiger partial charge in [0.2, 0.25) is 5.84 Å². The highest BCUT2D eigenvalue weighted by atomic mass is 16.4. The summed E-state index contributed by atoms with van der Waals surface area (Å²) in [6.45, 7) is 3.21. The van der Waals surface area contributed by atoms with Crippen LogP contribution in [0.25, 0.3) is 0 Å². The molecule has 0 saturated carbocycles. The lowest BCUT2D eigenvalue weighted by atomic mass is 10.2. The normalized spacial score (nSPS) is 21.6. The molecule has 0 aromatic carbocycles. The molecule has 3 N–H and O–H groups in total. The number of carbonyl (C=O) groups is 1. The van der Waals surface area contributed by atoms with Crippen molar-refractivity contribution in [1.29, 1.82) is 0 Å². The van der Waals surface area contributed by atoms with E-state index in [9.17, 15) is 4.79 Å². The fourth-order valence-electron chi connectivity index (χ4n) is 2.40. The van der Waals surface area contributed by atoms with Crippen molar-refractivity contribution in [1.82, 2.24) is 0 Å². The Balaban J connectivity index is 2.56. The van der Waals surface area contributed by atoms with Crippen LogP contribution in [-0.2, 0) is 4.79 Å². The first-order valence-corrected chi connectivity index (χ1v) is 7.33. The standard InChI is InChI=1S/C15H25N3O2/c1-2-3-4-5-6-7-8-14-17-10-12-18(14,11-9-16)13-15(19)20/h6-7,10,12H,2-5,8-9,11,13,16H2,1H3/p+1/b7-6+. The number of quaternary nitrogens is 1. The zero-order chi connectivity index (χ0) is 14.8. The molecule has 20 heavy (non-hydrogen) atoms. The Kier molecular flexibility index (Phi) is 7.18. The number of carboxylic acids is 1. The summed E-state index contributed by atoms with van der Waals surface area (Å²) < 4.78 is 0.255. The van der Waals surface area contributed by atoms with Crippen molar-refractivity contribution in [2.45, 2.75) is 39.0 Å². The zero-order valence-electron chi connectivity index (χ0n) is 12.3. The fraction of sp³-hybridized carbons (Fsp3) is 0.600. The number of aliphatic imine (C=N–C) groups is 1. The van der Waals surface area contributed by atoms with Crippen molar-refractivity contribution < 1.29 is 14.4 Å². The first-order chi connectivity index (χ1) is 9.64. The molecule has 1 aliphatic heterocycles. The summed E-state index contributed by atoms with van der Waals surface area (Å²) in [7, 11) is 0. The number of amidine groups is 1. The largest absolute Gasteiger partial charge is 0.477 e. The maximum atomic E-state index is 11.1. The molecule has 1 unspecified atom stereocenters. The van der Waals surface area contributed by atoms with Crippen molar-refractivity contribution in [3.63, 3.8) is 0 Å². The third kappa shape index (κ3) is 4.90. The van der Waals surface area contributed by atoms with Gasteiger partial charge in [0, 0.05) is 6.54 Å². The minimum absolute atomic E-state index is 0.0101. The van der Waals surface area contributed by atoms with Crippen molar-refractivity contribution in [2.24, 2.45) is 10.7 Å². The van der Waals surface area contributed by atoms with Crippen molar-refractivity contribution in [2.75, 3.05) is 19.6 Å². The van der Waals surface area contributed by atoms with Crippen LogP contribution in [0.1, 0.15) is 39.0 Å². The van der Waals surface area contributed by atoms with Gasteiger partial charge in [0.1, 0.15) is 12.7 Å². The molecule has 0 spiro atoms. The maximum Gasteiger partial charge on any atom is 0.360 e. The molecule has 0 amide bonds. The van der Waals surface area contributed by atoms with E-state index in [-0.39, 0.29) is 11.0 Å². The Labute approximate surface area is 121 Å². The summed E-state index contributed by atoms with van der Waals surface area (Å²) in [5, 5.41) is 9.09. The van der Waals surface area contributed by atoms with Crippen LogP contribution in [0.4, 0.5) is 0 Å². The number of rotatable bonds is 10. The van der Waals surface area contributed by atoms with Crippen LogP contribution in [0.3, 0.4) is 0 Å². The first-order valence-electron chi connectivity index (χ1n) is 7.33. The minimum Gasteiger partial charge on any atom is -0.477 e. The summed E-state index contributed by atoms with van der Waals surface area (Å²) in [5.74, 6) is 0.0363. The van der Waals surface area contributed by atoms with Crippen LogP contribution in [-0.4, -0.2) is 41.0 Å². The van der Waals surface area contributed by atoms with E-state index in [4.69, 9.17) is 10.8 Å². The second-order valence-corrected chi connectivity index (χ2v) is 5.11. The van der Waals surface area contributed by atoms with Crippen LogP contribution in [0.5, 0.6) is 0 Å². The van der Waals surface area contributed by atoms with Crippen molar-refractivity contribution in [3.8, 4) is 0 Å². The molecule has 0 bridgehead atoms. The Morgan fingerprint density at radius 2 is 2.25 bits per heavy atom. The third-order valence-electron chi connectivity index (χ3n) is 3.48. The smallest absolute Gasteiger partial charge is 0.360 e. The van der Waals surface area contributed by atoms with E-state index in [2.05, 4.69) is 24.1 Å². The lowest BCUT2D eigenvalue weighted by Crippen LogP contribution is -2.52. The molecule has 0 aliphatic carbocycles. The van der Waals surface area contributed by atoms with Crippen LogP contribution >= 0.6 is 0 Å². The molecule has 5 nitrogen and oxygen atoms in total. The van der Waals surface area contributed by atoms with Gasteiger partial charge in [-0.15, -0.1) is 0 Å². The predicted octanol–water partition coefficient (Wildman–Crippen LogP) is 2.26. The highest BCUT2D eigenvalue weighted by molar-refractivity contribution is 5.82. The molecular formula is C15H26N3O2+. The lowest BCUT2D eigenvalue weighted by Gasteiger charge is -2.29. The Morgan fingerprint density at radius 1 is 1.45 bits per heavy atom. The summed E-state index contributed by atoms with van der Waals surface area (Å²) in [5.41, 5.74) is 5.63. The summed E-state index contributed by atoms with van der Waals surface area (Å²) in [4.78, 5) is 15.4. The molecule has 1 atom stereocenters. The van der Waals surface area contributed by atoms with E-state index in [0.717, 1.165) is 12.3 Å². The van der Waals surface area contributed by atoms with Gasteiger partial charge in [-0.3, -0.25) is 0 Å². The number of aliphatic carboxylic acids is 1. The van der Waals surface area contributed by atoms with E-state index in [1.165, 1.54) is 19.3 Å². The van der Waals surface area contributed by atoms with E-state index in [1.54, 1.807) is 6.20 Å². The third-order valence-corrected chi connectivity index (χ3v) is 3.48. The summed E-state index contributed by atoms with van der Waals surface area (Å²) >= 11 is 0. The van der Waals surface area contributed by atoms with Crippen LogP contribution in [0.15, 0.2) is 29.5 Å². The Hall–Kier alpha value is -1.46. The van der Waals surface area contributed by atoms with Gasteiger partial charge in [-0.2, -0.15) is 0 Å². The molecule has 0 fully saturated rings. The second kappa shape index (κ2) is 8.66. The number of hydrogen-bond donors (Lipinski definition) is 2. The van der Waals surface area contributed by atoms with E-state index >= 15 is 0 Å². The topological polar surface area (TPSA) is 75.7 Å². The molecule has 1 heterocycles. The van der Waals surface area contributed by atoms with Crippen LogP contribution in [0, 0.1) is 0 Å². The Bertz CT molecular complexity index is 402. The van der Waals surface area contributed by atoms with Crippen molar-refractivity contribution in [3.05, 3.63) is 24.6 Å². The van der Waals surface area contributed by atoms with Crippen LogP contribution in [0.2, 0.25) is 0 Å². The van der Waals surface area contributed by atoms with Gasteiger partial charge in [-0.05, 0) is 12.8 Å². The molecule has 1 rings (SSSR count). The average Bonchev–Trinajstić information content (AvgIpc) is 2.76. The summed E-state index contributed by atoms with van der Waals surface area (Å²) in [6.07, 6.45) is 13.2. The second-order valence-electron chi connectivity index (χ2n) is 5.11. The number of nitrogens with zero attached hydrogens (tertiary/aromatic N) is 2. The van der Waals surface area contributed by atoms with E-state index < -0.39 is 5.97 Å². The highest BCUT2D eigenvalue weighted by Gasteiger charge is 2.36. The van der Waals surface area contributed by atoms with E-state index in [0.29, 0.717) is 19.5 Å². The number of carboxylic acid groups (broad SMARTS) is 1. The van der Waals surface area contributed by atoms with Gasteiger partial charge in [0.15, 0.2) is 6.54 Å². The van der Waals surface area contributed by atoms with Crippen molar-refractivity contribution >= 4 is 11.8 Å². The molecule has 112 valence electrons. The SMILES string of the molecule is CCCCC/C=C/CC1=NC=C[N+]1(CCN)CC(=O)O. The molecule has 5 heteroatoms. The van der Waals surface area contributed by atoms with Gasteiger partial charge in [0.25, 0.3) is 0 Å². The lowest BCUT2D eigenvalue weighted by molar-refractivity contribution is -0.777. The Morgan fingerprint density at radius 3 is 2.90 bits per heavy atom. The number of allylic oxidation sites excluding steroid dienone is 1. The van der Waals surface area contributed by atoms with Gasteiger partial charge in [-0.1, -0.05) is 31.9 Å². The minimum atomic E-state index is -0.829. The molecule has 0 aromatic rings. The number of hydrogen-bond acceptors (Lipinski definition) is 3. The highest BCUT2D eigenvalue weighted by Crippen LogP contribution is 2.19. The first kappa shape index (κ1) is 16.6. The molecule has 0 aromatic heterocycles. The molecule has 1 aliphatic rings. The number of nitrogens with two attached hydrogens (primary N) is 1.